The molecular weight excluding hydrogens is 305 g/mol. The van der Waals surface area contributed by atoms with Crippen LogP contribution in [-0.4, -0.2) is 13.2 Å². The molecule has 0 saturated heterocycles. The van der Waals surface area contributed by atoms with Crippen molar-refractivity contribution >= 4 is 34.4 Å². The number of ether oxygens (including phenoxy) is 1. The maximum Gasteiger partial charge on any atom is 0.418 e. The van der Waals surface area contributed by atoms with E-state index in [4.69, 9.17) is 4.74 Å². The molecule has 3 nitrogen and oxygen atoms in total. The maximum absolute atomic E-state index is 11.5. The summed E-state index contributed by atoms with van der Waals surface area (Å²) in [5, 5.41) is 0. The van der Waals surface area contributed by atoms with Gasteiger partial charge in [-0.1, -0.05) is 18.2 Å². The molecule has 0 N–H and O–H groups in total. The average molecular weight is 317 g/mol. The highest BCUT2D eigenvalue weighted by Crippen LogP contribution is 2.22. The lowest BCUT2D eigenvalue weighted by Crippen LogP contribution is -2.25. The molecule has 1 amide bonds. The third-order valence-corrected chi connectivity index (χ3v) is 2.69. The van der Waals surface area contributed by atoms with Crippen LogP contribution >= 0.6 is 22.6 Å². The lowest BCUT2D eigenvalue weighted by atomic mass is 10.3. The van der Waals surface area contributed by atoms with Crippen molar-refractivity contribution in [1.29, 1.82) is 0 Å². The molecule has 1 rings (SSSR count). The van der Waals surface area contributed by atoms with Crippen LogP contribution in [0.4, 0.5) is 10.5 Å². The second-order valence-corrected chi connectivity index (χ2v) is 3.94. The van der Waals surface area contributed by atoms with Gasteiger partial charge in [0.25, 0.3) is 0 Å². The number of benzene rings is 1. The first-order valence-electron chi connectivity index (χ1n) is 4.45. The predicted octanol–water partition coefficient (Wildman–Crippen LogP) is 3.40. The topological polar surface area (TPSA) is 29.5 Å². The van der Waals surface area contributed by atoms with Gasteiger partial charge in [0.15, 0.2) is 0 Å². The largest absolute Gasteiger partial charge is 0.452 e. The molecule has 0 aliphatic carbocycles. The summed E-state index contributed by atoms with van der Waals surface area (Å²) in [6.07, 6.45) is 3.08. The van der Waals surface area contributed by atoms with Crippen LogP contribution in [0, 0.1) is 3.57 Å². The van der Waals surface area contributed by atoms with Crippen LogP contribution < -0.4 is 4.90 Å². The summed E-state index contributed by atoms with van der Waals surface area (Å²) in [5.41, 5.74) is 0.822. The molecule has 1 aromatic rings. The number of carbonyl (C=O) groups is 1. The monoisotopic (exact) mass is 317 g/mol. The Morgan fingerprint density at radius 2 is 2.13 bits per heavy atom. The number of carbonyl (C=O) groups excluding carboxylic acids is 1. The van der Waals surface area contributed by atoms with Crippen molar-refractivity contribution in [3.63, 3.8) is 0 Å². The number of methoxy groups -OCH3 is 1. The zero-order chi connectivity index (χ0) is 11.3. The normalized spacial score (nSPS) is 10.3. The van der Waals surface area contributed by atoms with Gasteiger partial charge >= 0.3 is 6.09 Å². The summed E-state index contributed by atoms with van der Waals surface area (Å²) in [6.45, 7) is 1.85. The number of allylic oxidation sites excluding steroid dienone is 1. The summed E-state index contributed by atoms with van der Waals surface area (Å²) in [4.78, 5) is 13.0. The van der Waals surface area contributed by atoms with Crippen LogP contribution in [0.3, 0.4) is 0 Å². The quantitative estimate of drug-likeness (QED) is 0.783. The fourth-order valence-corrected chi connectivity index (χ4v) is 1.78. The minimum atomic E-state index is -0.391. The van der Waals surface area contributed by atoms with Crippen molar-refractivity contribution in [2.75, 3.05) is 12.0 Å². The second-order valence-electron chi connectivity index (χ2n) is 2.77. The standard InChI is InChI=1S/C11H12INO2/c1-3-8-13(11(14)15-2)10-7-5-4-6-9(10)12/h3-8H,1-2H3/b8-3+. The van der Waals surface area contributed by atoms with Gasteiger partial charge in [-0.05, 0) is 41.6 Å². The van der Waals surface area contributed by atoms with Crippen molar-refractivity contribution in [2.45, 2.75) is 6.92 Å². The van der Waals surface area contributed by atoms with E-state index in [1.807, 2.05) is 31.2 Å². The first-order chi connectivity index (χ1) is 7.20. The molecule has 0 aliphatic heterocycles. The van der Waals surface area contributed by atoms with Crippen molar-refractivity contribution < 1.29 is 9.53 Å². The molecule has 0 spiro atoms. The molecule has 0 radical (unpaired) electrons. The SMILES string of the molecule is C/C=C/N(C(=O)OC)c1ccccc1I. The van der Waals surface area contributed by atoms with Gasteiger partial charge in [-0.15, -0.1) is 0 Å². The fourth-order valence-electron chi connectivity index (χ4n) is 1.13. The summed E-state index contributed by atoms with van der Waals surface area (Å²) in [7, 11) is 1.37. The van der Waals surface area contributed by atoms with E-state index in [1.54, 1.807) is 12.3 Å². The number of rotatable bonds is 2. The molecule has 0 unspecified atom stereocenters. The predicted molar refractivity (Wildman–Crippen MR) is 68.9 cm³/mol. The van der Waals surface area contributed by atoms with Crippen LogP contribution in [0.1, 0.15) is 6.92 Å². The molecule has 0 fully saturated rings. The first-order valence-corrected chi connectivity index (χ1v) is 5.53. The maximum atomic E-state index is 11.5. The number of anilines is 1. The fraction of sp³-hybridized carbons (Fsp3) is 0.182. The van der Waals surface area contributed by atoms with E-state index in [2.05, 4.69) is 22.6 Å². The molecule has 0 heterocycles. The number of amides is 1. The van der Waals surface area contributed by atoms with Gasteiger partial charge in [0, 0.05) is 9.77 Å². The van der Waals surface area contributed by atoms with Gasteiger partial charge in [0.2, 0.25) is 0 Å². The molecule has 0 bridgehead atoms. The lowest BCUT2D eigenvalue weighted by molar-refractivity contribution is 0.181. The van der Waals surface area contributed by atoms with Gasteiger partial charge in [0.05, 0.1) is 12.8 Å². The number of hydrogen-bond donors (Lipinski definition) is 0. The Morgan fingerprint density at radius 3 is 2.67 bits per heavy atom. The van der Waals surface area contributed by atoms with Gasteiger partial charge in [-0.2, -0.15) is 0 Å². The van der Waals surface area contributed by atoms with Gasteiger partial charge in [-0.3, -0.25) is 4.90 Å². The number of hydrogen-bond acceptors (Lipinski definition) is 2. The Balaban J connectivity index is 3.10. The number of para-hydroxylation sites is 1. The minimum absolute atomic E-state index is 0.391. The average Bonchev–Trinajstić information content (AvgIpc) is 2.26. The van der Waals surface area contributed by atoms with E-state index >= 15 is 0 Å². The van der Waals surface area contributed by atoms with Crippen LogP contribution in [0.25, 0.3) is 0 Å². The van der Waals surface area contributed by atoms with E-state index in [9.17, 15) is 4.79 Å². The summed E-state index contributed by atoms with van der Waals surface area (Å²) in [5.74, 6) is 0. The third-order valence-electron chi connectivity index (χ3n) is 1.78. The van der Waals surface area contributed by atoms with Crippen molar-refractivity contribution in [1.82, 2.24) is 0 Å². The highest BCUT2D eigenvalue weighted by molar-refractivity contribution is 14.1. The zero-order valence-electron chi connectivity index (χ0n) is 8.61. The van der Waals surface area contributed by atoms with Crippen LogP contribution in [0.15, 0.2) is 36.5 Å². The van der Waals surface area contributed by atoms with Gasteiger partial charge < -0.3 is 4.74 Å². The van der Waals surface area contributed by atoms with Crippen LogP contribution in [-0.2, 0) is 4.74 Å². The van der Waals surface area contributed by atoms with E-state index in [-0.39, 0.29) is 0 Å². The van der Waals surface area contributed by atoms with Crippen molar-refractivity contribution in [3.8, 4) is 0 Å². The van der Waals surface area contributed by atoms with Crippen molar-refractivity contribution in [2.24, 2.45) is 0 Å². The minimum Gasteiger partial charge on any atom is -0.452 e. The Hall–Kier alpha value is -1.04. The molecule has 1 aromatic carbocycles. The summed E-state index contributed by atoms with van der Waals surface area (Å²) in [6, 6.07) is 7.63. The molecule has 0 atom stereocenters. The van der Waals surface area contributed by atoms with E-state index in [0.29, 0.717) is 0 Å². The smallest absolute Gasteiger partial charge is 0.418 e. The Morgan fingerprint density at radius 1 is 1.47 bits per heavy atom. The Kier molecular flexibility index (Phi) is 4.61. The molecule has 4 heteroatoms. The Bertz CT molecular complexity index is 377. The number of halogens is 1. The third kappa shape index (κ3) is 2.95. The molecule has 15 heavy (non-hydrogen) atoms. The molecular formula is C11H12INO2. The van der Waals surface area contributed by atoms with E-state index < -0.39 is 6.09 Å². The van der Waals surface area contributed by atoms with Crippen molar-refractivity contribution in [3.05, 3.63) is 40.1 Å². The lowest BCUT2D eigenvalue weighted by Gasteiger charge is -2.17. The van der Waals surface area contributed by atoms with E-state index in [1.165, 1.54) is 12.0 Å². The van der Waals surface area contributed by atoms with Gasteiger partial charge in [-0.25, -0.2) is 4.79 Å². The van der Waals surface area contributed by atoms with Crippen LogP contribution in [0.2, 0.25) is 0 Å². The molecule has 0 aromatic heterocycles. The highest BCUT2D eigenvalue weighted by atomic mass is 127. The number of nitrogens with zero attached hydrogens (tertiary/aromatic N) is 1. The molecule has 0 saturated carbocycles. The summed E-state index contributed by atoms with van der Waals surface area (Å²) >= 11 is 2.18. The Labute approximate surface area is 103 Å². The van der Waals surface area contributed by atoms with E-state index in [0.717, 1.165) is 9.26 Å². The second kappa shape index (κ2) is 5.75. The van der Waals surface area contributed by atoms with Crippen LogP contribution in [0.5, 0.6) is 0 Å². The first kappa shape index (κ1) is 12.0. The molecule has 80 valence electrons. The summed E-state index contributed by atoms with van der Waals surface area (Å²) < 4.78 is 5.71. The zero-order valence-corrected chi connectivity index (χ0v) is 10.8. The molecule has 0 aliphatic rings. The van der Waals surface area contributed by atoms with Gasteiger partial charge in [0.1, 0.15) is 0 Å². The highest BCUT2D eigenvalue weighted by Gasteiger charge is 2.14.